The molecule has 116 valence electrons. The summed E-state index contributed by atoms with van der Waals surface area (Å²) in [5, 5.41) is 11.9. The van der Waals surface area contributed by atoms with E-state index in [1.165, 1.54) is 11.1 Å². The summed E-state index contributed by atoms with van der Waals surface area (Å²) < 4.78 is 5.69. The smallest absolute Gasteiger partial charge is 0.407 e. The lowest BCUT2D eigenvalue weighted by atomic mass is 10.0. The molecule has 1 saturated heterocycles. The van der Waals surface area contributed by atoms with Crippen LogP contribution in [-0.2, 0) is 4.74 Å². The number of aromatic nitrogens is 2. The fourth-order valence-corrected chi connectivity index (χ4v) is 2.32. The fourth-order valence-electron chi connectivity index (χ4n) is 2.32. The predicted octanol–water partition coefficient (Wildman–Crippen LogP) is 0.687. The number of likely N-dealkylation sites (tertiary alicyclic amines) is 1. The molecule has 2 amide bonds. The van der Waals surface area contributed by atoms with E-state index >= 15 is 0 Å². The van der Waals surface area contributed by atoms with Crippen molar-refractivity contribution < 1.29 is 19.4 Å². The van der Waals surface area contributed by atoms with Gasteiger partial charge in [-0.3, -0.25) is 4.79 Å². The van der Waals surface area contributed by atoms with Gasteiger partial charge in [-0.05, 0) is 12.8 Å². The van der Waals surface area contributed by atoms with Gasteiger partial charge >= 0.3 is 6.09 Å². The third kappa shape index (κ3) is 3.94. The van der Waals surface area contributed by atoms with Crippen LogP contribution in [-0.4, -0.2) is 63.8 Å². The number of piperidine rings is 1. The van der Waals surface area contributed by atoms with Crippen molar-refractivity contribution in [2.45, 2.75) is 31.9 Å². The number of carbonyl (C=O) groups is 2. The number of carbonyl (C=O) groups excluding carboxylic acids is 1. The number of hydrogen-bond donors (Lipinski definition) is 3. The van der Waals surface area contributed by atoms with Gasteiger partial charge < -0.3 is 25.0 Å². The average Bonchev–Trinajstić information content (AvgIpc) is 3.00. The minimum atomic E-state index is -0.962. The number of H-pyrrole nitrogens is 1. The third-order valence-corrected chi connectivity index (χ3v) is 3.40. The summed E-state index contributed by atoms with van der Waals surface area (Å²) in [7, 11) is 0. The second-order valence-electron chi connectivity index (χ2n) is 4.94. The fraction of sp³-hybridized carbons (Fsp3) is 0.615. The third-order valence-electron chi connectivity index (χ3n) is 3.40. The lowest BCUT2D eigenvalue weighted by Gasteiger charge is -2.37. The topological polar surface area (TPSA) is 108 Å². The van der Waals surface area contributed by atoms with E-state index in [0.717, 1.165) is 6.42 Å². The highest BCUT2D eigenvalue weighted by molar-refractivity contribution is 5.90. The SMILES string of the molecule is CCCOC1CN(C(=O)O)CCC1NC(=O)c1ncc[nH]1. The molecule has 2 atom stereocenters. The van der Waals surface area contributed by atoms with Crippen molar-refractivity contribution in [1.82, 2.24) is 20.2 Å². The number of nitrogens with zero attached hydrogens (tertiary/aromatic N) is 2. The Balaban J connectivity index is 1.98. The van der Waals surface area contributed by atoms with Gasteiger partial charge in [0.15, 0.2) is 5.82 Å². The van der Waals surface area contributed by atoms with Crippen LogP contribution in [0.15, 0.2) is 12.4 Å². The molecule has 3 N–H and O–H groups in total. The summed E-state index contributed by atoms with van der Waals surface area (Å²) in [6.45, 7) is 3.16. The van der Waals surface area contributed by atoms with Crippen LogP contribution in [0.3, 0.4) is 0 Å². The Morgan fingerprint density at radius 2 is 2.43 bits per heavy atom. The zero-order chi connectivity index (χ0) is 15.2. The van der Waals surface area contributed by atoms with Gasteiger partial charge in [0.2, 0.25) is 0 Å². The predicted molar refractivity (Wildman–Crippen MR) is 74.1 cm³/mol. The molecule has 0 bridgehead atoms. The quantitative estimate of drug-likeness (QED) is 0.741. The van der Waals surface area contributed by atoms with E-state index in [1.807, 2.05) is 6.92 Å². The largest absolute Gasteiger partial charge is 0.465 e. The highest BCUT2D eigenvalue weighted by Gasteiger charge is 2.33. The standard InChI is InChI=1S/C13H20N4O4/c1-2-7-21-10-8-17(13(19)20)6-3-9(10)16-12(18)11-14-4-5-15-11/h4-5,9-10H,2-3,6-8H2,1H3,(H,14,15)(H,16,18)(H,19,20). The van der Waals surface area contributed by atoms with Crippen LogP contribution in [0, 0.1) is 0 Å². The molecule has 2 rings (SSSR count). The van der Waals surface area contributed by atoms with Gasteiger partial charge in [-0.1, -0.05) is 6.92 Å². The summed E-state index contributed by atoms with van der Waals surface area (Å²) in [5.41, 5.74) is 0. The molecule has 0 spiro atoms. The molecular formula is C13H20N4O4. The molecule has 0 saturated carbocycles. The van der Waals surface area contributed by atoms with E-state index in [9.17, 15) is 9.59 Å². The maximum absolute atomic E-state index is 12.0. The molecular weight excluding hydrogens is 276 g/mol. The van der Waals surface area contributed by atoms with Gasteiger partial charge in [-0.15, -0.1) is 0 Å². The van der Waals surface area contributed by atoms with Crippen molar-refractivity contribution >= 4 is 12.0 Å². The van der Waals surface area contributed by atoms with Crippen molar-refractivity contribution in [1.29, 1.82) is 0 Å². The number of aromatic amines is 1. The van der Waals surface area contributed by atoms with Crippen LogP contribution in [0.4, 0.5) is 4.79 Å². The number of imidazole rings is 1. The number of hydrogen-bond acceptors (Lipinski definition) is 4. The molecule has 0 radical (unpaired) electrons. The summed E-state index contributed by atoms with van der Waals surface area (Å²) in [5.74, 6) is -0.0659. The van der Waals surface area contributed by atoms with E-state index < -0.39 is 6.09 Å². The van der Waals surface area contributed by atoms with Gasteiger partial charge in [0, 0.05) is 25.5 Å². The minimum Gasteiger partial charge on any atom is -0.465 e. The lowest BCUT2D eigenvalue weighted by Crippen LogP contribution is -2.56. The normalized spacial score (nSPS) is 22.0. The van der Waals surface area contributed by atoms with Gasteiger partial charge in [0.05, 0.1) is 18.7 Å². The first-order chi connectivity index (χ1) is 10.1. The van der Waals surface area contributed by atoms with Crippen molar-refractivity contribution in [3.63, 3.8) is 0 Å². The molecule has 1 aliphatic rings. The number of ether oxygens (including phenoxy) is 1. The number of nitrogens with one attached hydrogen (secondary N) is 2. The molecule has 8 heteroatoms. The Bertz CT molecular complexity index is 477. The molecule has 1 fully saturated rings. The van der Waals surface area contributed by atoms with Crippen molar-refractivity contribution in [3.05, 3.63) is 18.2 Å². The maximum Gasteiger partial charge on any atom is 0.407 e. The number of carboxylic acid groups (broad SMARTS) is 1. The van der Waals surface area contributed by atoms with Crippen molar-refractivity contribution in [2.75, 3.05) is 19.7 Å². The van der Waals surface area contributed by atoms with Gasteiger partial charge in [0.1, 0.15) is 0 Å². The molecule has 2 unspecified atom stereocenters. The number of amides is 2. The Morgan fingerprint density at radius 1 is 1.62 bits per heavy atom. The second-order valence-corrected chi connectivity index (χ2v) is 4.94. The van der Waals surface area contributed by atoms with E-state index in [4.69, 9.17) is 9.84 Å². The molecule has 0 aliphatic carbocycles. The van der Waals surface area contributed by atoms with E-state index in [2.05, 4.69) is 15.3 Å². The second kappa shape index (κ2) is 7.07. The van der Waals surface area contributed by atoms with Crippen molar-refractivity contribution in [2.24, 2.45) is 0 Å². The van der Waals surface area contributed by atoms with E-state index in [1.54, 1.807) is 6.20 Å². The Hall–Kier alpha value is -2.09. The van der Waals surface area contributed by atoms with Crippen LogP contribution in [0.2, 0.25) is 0 Å². The summed E-state index contributed by atoms with van der Waals surface area (Å²) >= 11 is 0. The molecule has 1 aromatic rings. The molecule has 1 aliphatic heterocycles. The van der Waals surface area contributed by atoms with E-state index in [-0.39, 0.29) is 30.4 Å². The summed E-state index contributed by atoms with van der Waals surface area (Å²) in [6, 6.07) is -0.218. The summed E-state index contributed by atoms with van der Waals surface area (Å²) in [4.78, 5) is 31.0. The number of rotatable bonds is 5. The van der Waals surface area contributed by atoms with Gasteiger partial charge in [0.25, 0.3) is 5.91 Å². The first kappa shape index (κ1) is 15.3. The van der Waals surface area contributed by atoms with Gasteiger partial charge in [-0.25, -0.2) is 9.78 Å². The van der Waals surface area contributed by atoms with E-state index in [0.29, 0.717) is 19.6 Å². The Labute approximate surface area is 122 Å². The zero-order valence-electron chi connectivity index (χ0n) is 11.9. The zero-order valence-corrected chi connectivity index (χ0v) is 11.9. The lowest BCUT2D eigenvalue weighted by molar-refractivity contribution is -0.0162. The van der Waals surface area contributed by atoms with Crippen LogP contribution >= 0.6 is 0 Å². The van der Waals surface area contributed by atoms with Crippen LogP contribution in [0.5, 0.6) is 0 Å². The Kier molecular flexibility index (Phi) is 5.15. The highest BCUT2D eigenvalue weighted by atomic mass is 16.5. The minimum absolute atomic E-state index is 0.218. The average molecular weight is 296 g/mol. The first-order valence-electron chi connectivity index (χ1n) is 7.01. The molecule has 2 heterocycles. The van der Waals surface area contributed by atoms with Crippen LogP contribution in [0.25, 0.3) is 0 Å². The molecule has 1 aromatic heterocycles. The molecule has 0 aromatic carbocycles. The monoisotopic (exact) mass is 296 g/mol. The first-order valence-corrected chi connectivity index (χ1v) is 7.01. The van der Waals surface area contributed by atoms with Crippen molar-refractivity contribution in [3.8, 4) is 0 Å². The van der Waals surface area contributed by atoms with Crippen LogP contribution in [0.1, 0.15) is 30.4 Å². The highest BCUT2D eigenvalue weighted by Crippen LogP contribution is 2.15. The summed E-state index contributed by atoms with van der Waals surface area (Å²) in [6.07, 6.45) is 3.14. The Morgan fingerprint density at radius 3 is 3.05 bits per heavy atom. The van der Waals surface area contributed by atoms with Gasteiger partial charge in [-0.2, -0.15) is 0 Å². The maximum atomic E-state index is 12.0. The van der Waals surface area contributed by atoms with Crippen LogP contribution < -0.4 is 5.32 Å². The molecule has 8 nitrogen and oxygen atoms in total. The molecule has 21 heavy (non-hydrogen) atoms.